The van der Waals surface area contributed by atoms with Crippen molar-refractivity contribution >= 4 is 11.5 Å². The number of nitrogens with zero attached hydrogens (tertiary/aromatic N) is 2. The van der Waals surface area contributed by atoms with Crippen molar-refractivity contribution in [3.8, 4) is 0 Å². The number of fused-ring (bicyclic) bond motifs is 1. The fourth-order valence-corrected chi connectivity index (χ4v) is 1.77. The molecule has 88 valence electrons. The molecule has 0 unspecified atom stereocenters. The van der Waals surface area contributed by atoms with Crippen molar-refractivity contribution in [1.29, 1.82) is 0 Å². The molecule has 0 spiro atoms. The maximum atomic E-state index is 11.7. The van der Waals surface area contributed by atoms with Crippen LogP contribution in [-0.2, 0) is 11.3 Å². The average molecular weight is 232 g/mol. The summed E-state index contributed by atoms with van der Waals surface area (Å²) < 4.78 is 6.67. The van der Waals surface area contributed by atoms with Gasteiger partial charge in [0.15, 0.2) is 0 Å². The largest absolute Gasteiger partial charge is 0.461 e. The minimum atomic E-state index is -0.376. The molecule has 0 amide bonds. The van der Waals surface area contributed by atoms with Gasteiger partial charge < -0.3 is 9.14 Å². The Morgan fingerprint density at radius 1 is 1.41 bits per heavy atom. The number of aromatic nitrogens is 1. The van der Waals surface area contributed by atoms with Crippen LogP contribution in [0.2, 0.25) is 0 Å². The lowest BCUT2D eigenvalue weighted by atomic mass is 10.2. The number of pyridine rings is 1. The molecule has 2 aromatic rings. The molecule has 0 bridgehead atoms. The molecule has 0 aliphatic rings. The van der Waals surface area contributed by atoms with E-state index in [2.05, 4.69) is 5.18 Å². The first kappa shape index (κ1) is 11.3. The SMILES string of the molecule is CCOC(=O)c1ccc(CN=O)c2cccn12. The molecule has 0 fully saturated rings. The molecule has 5 heteroatoms. The molecular formula is C12H12N2O3. The molecular weight excluding hydrogens is 220 g/mol. The van der Waals surface area contributed by atoms with E-state index in [9.17, 15) is 9.70 Å². The summed E-state index contributed by atoms with van der Waals surface area (Å²) in [4.78, 5) is 22.0. The Morgan fingerprint density at radius 2 is 2.24 bits per heavy atom. The summed E-state index contributed by atoms with van der Waals surface area (Å²) in [6.45, 7) is 2.19. The van der Waals surface area contributed by atoms with Crippen molar-refractivity contribution in [3.63, 3.8) is 0 Å². The molecule has 5 nitrogen and oxygen atoms in total. The second-order valence-corrected chi connectivity index (χ2v) is 3.51. The monoisotopic (exact) mass is 232 g/mol. The third-order valence-corrected chi connectivity index (χ3v) is 2.50. The van der Waals surface area contributed by atoms with Crippen LogP contribution in [0.4, 0.5) is 0 Å². The normalized spacial score (nSPS) is 10.4. The fraction of sp³-hybridized carbons (Fsp3) is 0.250. The van der Waals surface area contributed by atoms with E-state index in [1.165, 1.54) is 0 Å². The molecule has 0 N–H and O–H groups in total. The highest BCUT2D eigenvalue weighted by molar-refractivity contribution is 5.89. The quantitative estimate of drug-likeness (QED) is 0.600. The molecule has 0 saturated heterocycles. The van der Waals surface area contributed by atoms with E-state index in [1.807, 2.05) is 12.1 Å². The van der Waals surface area contributed by atoms with E-state index in [4.69, 9.17) is 4.74 Å². The van der Waals surface area contributed by atoms with Gasteiger partial charge in [-0.15, -0.1) is 0 Å². The van der Waals surface area contributed by atoms with Crippen LogP contribution in [0, 0.1) is 4.91 Å². The lowest BCUT2D eigenvalue weighted by Crippen LogP contribution is -2.10. The summed E-state index contributed by atoms with van der Waals surface area (Å²) in [6.07, 6.45) is 1.76. The van der Waals surface area contributed by atoms with Gasteiger partial charge in [0, 0.05) is 11.8 Å². The molecule has 0 aliphatic heterocycles. The smallest absolute Gasteiger partial charge is 0.355 e. The van der Waals surface area contributed by atoms with E-state index in [0.29, 0.717) is 12.3 Å². The van der Waals surface area contributed by atoms with Gasteiger partial charge in [-0.3, -0.25) is 0 Å². The first-order valence-electron chi connectivity index (χ1n) is 5.33. The first-order chi connectivity index (χ1) is 8.27. The minimum absolute atomic E-state index is 0.0939. The zero-order valence-corrected chi connectivity index (χ0v) is 9.42. The number of nitroso groups, excluding NO2 is 1. The summed E-state index contributed by atoms with van der Waals surface area (Å²) in [5.74, 6) is -0.376. The number of esters is 1. The summed E-state index contributed by atoms with van der Waals surface area (Å²) in [5, 5.41) is 2.87. The maximum Gasteiger partial charge on any atom is 0.355 e. The summed E-state index contributed by atoms with van der Waals surface area (Å²) >= 11 is 0. The van der Waals surface area contributed by atoms with Crippen LogP contribution in [0.1, 0.15) is 23.0 Å². The number of carbonyl (C=O) groups excluding carboxylic acids is 1. The highest BCUT2D eigenvalue weighted by atomic mass is 16.5. The molecule has 2 aromatic heterocycles. The molecule has 17 heavy (non-hydrogen) atoms. The van der Waals surface area contributed by atoms with Crippen molar-refractivity contribution in [1.82, 2.24) is 4.40 Å². The van der Waals surface area contributed by atoms with Crippen molar-refractivity contribution in [2.75, 3.05) is 6.61 Å². The highest BCUT2D eigenvalue weighted by Crippen LogP contribution is 2.16. The Balaban J connectivity index is 2.52. The van der Waals surface area contributed by atoms with Crippen LogP contribution in [-0.4, -0.2) is 17.0 Å². The van der Waals surface area contributed by atoms with E-state index in [0.717, 1.165) is 11.1 Å². The Labute approximate surface area is 98.0 Å². The first-order valence-corrected chi connectivity index (χ1v) is 5.33. The zero-order valence-electron chi connectivity index (χ0n) is 9.42. The van der Waals surface area contributed by atoms with Gasteiger partial charge in [0.05, 0.1) is 12.1 Å². The maximum absolute atomic E-state index is 11.7. The van der Waals surface area contributed by atoms with Gasteiger partial charge in [0.25, 0.3) is 0 Å². The third kappa shape index (κ3) is 2.04. The van der Waals surface area contributed by atoms with Gasteiger partial charge in [0.1, 0.15) is 12.2 Å². The Bertz CT molecular complexity index is 560. The van der Waals surface area contributed by atoms with Crippen LogP contribution in [0.15, 0.2) is 35.6 Å². The van der Waals surface area contributed by atoms with Gasteiger partial charge in [-0.25, -0.2) is 4.79 Å². The molecule has 0 aromatic carbocycles. The molecule has 0 saturated carbocycles. The minimum Gasteiger partial charge on any atom is -0.461 e. The molecule has 0 aliphatic carbocycles. The standard InChI is InChI=1S/C12H12N2O3/c1-2-17-12(15)11-6-5-9(8-13-16)10-4-3-7-14(10)11/h3-7H,2,8H2,1H3. The fourth-order valence-electron chi connectivity index (χ4n) is 1.77. The Kier molecular flexibility index (Phi) is 3.18. The highest BCUT2D eigenvalue weighted by Gasteiger charge is 2.12. The number of carbonyl (C=O) groups is 1. The van der Waals surface area contributed by atoms with Crippen LogP contribution in [0.3, 0.4) is 0 Å². The Hall–Kier alpha value is -2.17. The predicted molar refractivity (Wildman–Crippen MR) is 62.9 cm³/mol. The summed E-state index contributed by atoms with van der Waals surface area (Å²) in [5.41, 5.74) is 2.04. The molecule has 0 radical (unpaired) electrons. The Morgan fingerprint density at radius 3 is 2.94 bits per heavy atom. The van der Waals surface area contributed by atoms with E-state index < -0.39 is 0 Å². The van der Waals surface area contributed by atoms with Gasteiger partial charge in [0.2, 0.25) is 0 Å². The molecule has 2 rings (SSSR count). The van der Waals surface area contributed by atoms with Crippen LogP contribution >= 0.6 is 0 Å². The van der Waals surface area contributed by atoms with Crippen LogP contribution in [0.25, 0.3) is 5.52 Å². The number of hydrogen-bond donors (Lipinski definition) is 0. The topological polar surface area (TPSA) is 60.1 Å². The molecule has 2 heterocycles. The lowest BCUT2D eigenvalue weighted by molar-refractivity contribution is 0.0518. The van der Waals surface area contributed by atoms with Gasteiger partial charge in [-0.05, 0) is 25.1 Å². The third-order valence-electron chi connectivity index (χ3n) is 2.50. The van der Waals surface area contributed by atoms with E-state index in [1.54, 1.807) is 29.7 Å². The second-order valence-electron chi connectivity index (χ2n) is 3.51. The number of rotatable bonds is 4. The second kappa shape index (κ2) is 4.78. The van der Waals surface area contributed by atoms with Crippen molar-refractivity contribution < 1.29 is 9.53 Å². The van der Waals surface area contributed by atoms with Crippen molar-refractivity contribution in [3.05, 3.63) is 46.6 Å². The predicted octanol–water partition coefficient (Wildman–Crippen LogP) is 2.38. The van der Waals surface area contributed by atoms with Gasteiger partial charge in [-0.1, -0.05) is 11.2 Å². The molecule has 0 atom stereocenters. The van der Waals surface area contributed by atoms with Gasteiger partial charge >= 0.3 is 5.97 Å². The number of hydrogen-bond acceptors (Lipinski definition) is 4. The van der Waals surface area contributed by atoms with Crippen LogP contribution < -0.4 is 0 Å². The van der Waals surface area contributed by atoms with E-state index in [-0.39, 0.29) is 12.5 Å². The van der Waals surface area contributed by atoms with Crippen molar-refractivity contribution in [2.24, 2.45) is 5.18 Å². The summed E-state index contributed by atoms with van der Waals surface area (Å²) in [6, 6.07) is 7.02. The summed E-state index contributed by atoms with van der Waals surface area (Å²) in [7, 11) is 0. The van der Waals surface area contributed by atoms with Gasteiger partial charge in [-0.2, -0.15) is 4.91 Å². The number of ether oxygens (including phenoxy) is 1. The zero-order chi connectivity index (χ0) is 12.3. The van der Waals surface area contributed by atoms with E-state index >= 15 is 0 Å². The average Bonchev–Trinajstić information content (AvgIpc) is 2.79. The lowest BCUT2D eigenvalue weighted by Gasteiger charge is -2.07. The van der Waals surface area contributed by atoms with Crippen molar-refractivity contribution in [2.45, 2.75) is 13.5 Å². The van der Waals surface area contributed by atoms with Crippen LogP contribution in [0.5, 0.6) is 0 Å².